The molecule has 0 aliphatic heterocycles. The van der Waals surface area contributed by atoms with Crippen LogP contribution in [0.2, 0.25) is 0 Å². The molecule has 130 valence electrons. The Kier molecular flexibility index (Phi) is 5.19. The van der Waals surface area contributed by atoms with E-state index in [4.69, 9.17) is 4.74 Å². The van der Waals surface area contributed by atoms with Gasteiger partial charge in [0, 0.05) is 14.1 Å². The zero-order valence-corrected chi connectivity index (χ0v) is 13.9. The molecule has 0 saturated carbocycles. The summed E-state index contributed by atoms with van der Waals surface area (Å²) in [5, 5.41) is 0. The number of ether oxygens (including phenoxy) is 1. The summed E-state index contributed by atoms with van der Waals surface area (Å²) in [6, 6.07) is 10.6. The third-order valence-corrected chi connectivity index (χ3v) is 5.05. The van der Waals surface area contributed by atoms with Crippen LogP contribution in [0.1, 0.15) is 11.1 Å². The van der Waals surface area contributed by atoms with Crippen LogP contribution < -0.4 is 4.74 Å². The van der Waals surface area contributed by atoms with E-state index >= 15 is 0 Å². The van der Waals surface area contributed by atoms with Crippen molar-refractivity contribution in [2.24, 2.45) is 0 Å². The van der Waals surface area contributed by atoms with Gasteiger partial charge in [0.2, 0.25) is 10.0 Å². The first-order chi connectivity index (χ1) is 11.1. The lowest BCUT2D eigenvalue weighted by atomic mass is 10.2. The maximum Gasteiger partial charge on any atom is 0.416 e. The maximum atomic E-state index is 12.7. The van der Waals surface area contributed by atoms with E-state index in [0.717, 1.165) is 16.4 Å². The van der Waals surface area contributed by atoms with Gasteiger partial charge in [0.1, 0.15) is 12.4 Å². The molecule has 0 unspecified atom stereocenters. The van der Waals surface area contributed by atoms with Gasteiger partial charge in [-0.3, -0.25) is 0 Å². The van der Waals surface area contributed by atoms with E-state index in [1.807, 2.05) is 0 Å². The molecular formula is C16H16F3NO3S. The van der Waals surface area contributed by atoms with Crippen molar-refractivity contribution in [2.75, 3.05) is 14.1 Å². The van der Waals surface area contributed by atoms with Crippen molar-refractivity contribution in [1.82, 2.24) is 4.31 Å². The molecule has 2 aromatic rings. The molecule has 0 aromatic heterocycles. The fraction of sp³-hybridized carbons (Fsp3) is 0.250. The molecule has 0 aliphatic carbocycles. The molecule has 0 bridgehead atoms. The molecule has 8 heteroatoms. The van der Waals surface area contributed by atoms with Crippen LogP contribution in [0, 0.1) is 0 Å². The topological polar surface area (TPSA) is 46.6 Å². The Bertz CT molecular complexity index is 817. The van der Waals surface area contributed by atoms with Crippen molar-refractivity contribution in [3.63, 3.8) is 0 Å². The number of nitrogens with zero attached hydrogens (tertiary/aromatic N) is 1. The summed E-state index contributed by atoms with van der Waals surface area (Å²) in [5.41, 5.74) is -0.265. The molecule has 0 spiro atoms. The van der Waals surface area contributed by atoms with Gasteiger partial charge < -0.3 is 4.74 Å². The molecule has 0 saturated heterocycles. The van der Waals surface area contributed by atoms with Crippen molar-refractivity contribution in [3.05, 3.63) is 59.7 Å². The van der Waals surface area contributed by atoms with Gasteiger partial charge in [-0.15, -0.1) is 0 Å². The fourth-order valence-corrected chi connectivity index (χ4v) is 2.91. The zero-order chi connectivity index (χ0) is 18.0. The first-order valence-electron chi connectivity index (χ1n) is 6.92. The summed E-state index contributed by atoms with van der Waals surface area (Å²) < 4.78 is 68.6. The van der Waals surface area contributed by atoms with Crippen LogP contribution in [0.3, 0.4) is 0 Å². The molecule has 0 atom stereocenters. The van der Waals surface area contributed by atoms with Crippen LogP contribution in [-0.2, 0) is 22.8 Å². The molecule has 2 rings (SSSR count). The Labute approximate surface area is 138 Å². The third kappa shape index (κ3) is 4.27. The summed E-state index contributed by atoms with van der Waals surface area (Å²) in [6.45, 7) is -0.0436. The molecule has 4 nitrogen and oxygen atoms in total. The average Bonchev–Trinajstić information content (AvgIpc) is 2.52. The lowest BCUT2D eigenvalue weighted by molar-refractivity contribution is -0.137. The molecule has 24 heavy (non-hydrogen) atoms. The predicted octanol–water partition coefficient (Wildman–Crippen LogP) is 3.53. The van der Waals surface area contributed by atoms with Crippen molar-refractivity contribution >= 4 is 10.0 Å². The highest BCUT2D eigenvalue weighted by Gasteiger charge is 2.30. The quantitative estimate of drug-likeness (QED) is 0.820. The minimum absolute atomic E-state index is 0.0436. The van der Waals surface area contributed by atoms with E-state index in [9.17, 15) is 21.6 Å². The normalized spacial score (nSPS) is 12.4. The molecule has 0 heterocycles. The van der Waals surface area contributed by atoms with Gasteiger partial charge in [-0.1, -0.05) is 18.2 Å². The number of hydrogen-bond donors (Lipinski definition) is 0. The van der Waals surface area contributed by atoms with Crippen molar-refractivity contribution in [2.45, 2.75) is 17.7 Å². The van der Waals surface area contributed by atoms with Crippen molar-refractivity contribution < 1.29 is 26.3 Å². The van der Waals surface area contributed by atoms with E-state index in [2.05, 4.69) is 0 Å². The van der Waals surface area contributed by atoms with E-state index in [-0.39, 0.29) is 17.3 Å². The SMILES string of the molecule is CN(C)S(=O)(=O)c1cccc(COc2cccc(C(F)(F)F)c2)c1. The summed E-state index contributed by atoms with van der Waals surface area (Å²) in [4.78, 5) is 0.0950. The second-order valence-corrected chi connectivity index (χ2v) is 7.40. The van der Waals surface area contributed by atoms with Gasteiger partial charge in [-0.2, -0.15) is 13.2 Å². The summed E-state index contributed by atoms with van der Waals surface area (Å²) in [6.07, 6.45) is -4.45. The van der Waals surface area contributed by atoms with E-state index < -0.39 is 21.8 Å². The Balaban J connectivity index is 2.16. The van der Waals surface area contributed by atoms with Crippen molar-refractivity contribution in [1.29, 1.82) is 0 Å². The number of sulfonamides is 1. The van der Waals surface area contributed by atoms with E-state index in [1.54, 1.807) is 12.1 Å². The number of benzene rings is 2. The van der Waals surface area contributed by atoms with Gasteiger partial charge in [-0.05, 0) is 35.9 Å². The standard InChI is InChI=1S/C16H16F3NO3S/c1-20(2)24(21,22)15-8-3-5-12(9-15)11-23-14-7-4-6-13(10-14)16(17,18)19/h3-10H,11H2,1-2H3. The van der Waals surface area contributed by atoms with Gasteiger partial charge in [-0.25, -0.2) is 12.7 Å². The minimum atomic E-state index is -4.45. The first-order valence-corrected chi connectivity index (χ1v) is 8.36. The molecule has 0 radical (unpaired) electrons. The second-order valence-electron chi connectivity index (χ2n) is 5.25. The van der Waals surface area contributed by atoms with Crippen molar-refractivity contribution in [3.8, 4) is 5.75 Å². The minimum Gasteiger partial charge on any atom is -0.489 e. The summed E-state index contributed by atoms with van der Waals surface area (Å²) in [7, 11) is -0.744. The van der Waals surface area contributed by atoms with Gasteiger partial charge in [0.25, 0.3) is 0 Å². The summed E-state index contributed by atoms with van der Waals surface area (Å²) >= 11 is 0. The second kappa shape index (κ2) is 6.82. The zero-order valence-electron chi connectivity index (χ0n) is 13.0. The number of halogens is 3. The Hall–Kier alpha value is -2.06. The van der Waals surface area contributed by atoms with Crippen LogP contribution in [0.15, 0.2) is 53.4 Å². The van der Waals surface area contributed by atoms with Crippen LogP contribution in [0.5, 0.6) is 5.75 Å². The highest BCUT2D eigenvalue weighted by molar-refractivity contribution is 7.89. The fourth-order valence-electron chi connectivity index (χ4n) is 1.94. The molecule has 0 amide bonds. The number of alkyl halides is 3. The number of hydrogen-bond acceptors (Lipinski definition) is 3. The lowest BCUT2D eigenvalue weighted by Crippen LogP contribution is -2.22. The predicted molar refractivity (Wildman–Crippen MR) is 83.1 cm³/mol. The number of rotatable bonds is 5. The molecule has 0 aliphatic rings. The first kappa shape index (κ1) is 18.3. The Morgan fingerprint density at radius 1 is 1.04 bits per heavy atom. The van der Waals surface area contributed by atoms with Gasteiger partial charge >= 0.3 is 6.18 Å². The smallest absolute Gasteiger partial charge is 0.416 e. The lowest BCUT2D eigenvalue weighted by Gasteiger charge is -2.13. The average molecular weight is 359 g/mol. The highest BCUT2D eigenvalue weighted by atomic mass is 32.2. The van der Waals surface area contributed by atoms with E-state index in [1.165, 1.54) is 38.4 Å². The molecule has 2 aromatic carbocycles. The van der Waals surface area contributed by atoms with Crippen LogP contribution in [0.4, 0.5) is 13.2 Å². The highest BCUT2D eigenvalue weighted by Crippen LogP contribution is 2.31. The van der Waals surface area contributed by atoms with Crippen LogP contribution in [0.25, 0.3) is 0 Å². The molecule has 0 fully saturated rings. The summed E-state index contributed by atoms with van der Waals surface area (Å²) in [5.74, 6) is 0.0608. The molecule has 0 N–H and O–H groups in total. The van der Waals surface area contributed by atoms with Crippen LogP contribution in [-0.4, -0.2) is 26.8 Å². The monoisotopic (exact) mass is 359 g/mol. The van der Waals surface area contributed by atoms with E-state index in [0.29, 0.717) is 5.56 Å². The largest absolute Gasteiger partial charge is 0.489 e. The molecular weight excluding hydrogens is 343 g/mol. The van der Waals surface area contributed by atoms with Gasteiger partial charge in [0.15, 0.2) is 0 Å². The Morgan fingerprint density at radius 3 is 2.33 bits per heavy atom. The third-order valence-electron chi connectivity index (χ3n) is 3.24. The maximum absolute atomic E-state index is 12.7. The Morgan fingerprint density at radius 2 is 1.71 bits per heavy atom. The van der Waals surface area contributed by atoms with Gasteiger partial charge in [0.05, 0.1) is 10.5 Å². The van der Waals surface area contributed by atoms with Crippen LogP contribution >= 0.6 is 0 Å².